The topological polar surface area (TPSA) is 12.4 Å². The van der Waals surface area contributed by atoms with Gasteiger partial charge in [-0.3, -0.25) is 0 Å². The SMILES string of the molecule is C=CCc1ccccc1-c1ccc(N=C=S)cc1. The van der Waals surface area contributed by atoms with Gasteiger partial charge in [0.1, 0.15) is 0 Å². The van der Waals surface area contributed by atoms with Crippen LogP contribution in [0.5, 0.6) is 0 Å². The molecule has 2 heteroatoms. The number of isothiocyanates is 1. The first-order valence-electron chi connectivity index (χ1n) is 5.72. The fraction of sp³-hybridized carbons (Fsp3) is 0.0625. The van der Waals surface area contributed by atoms with E-state index >= 15 is 0 Å². The third-order valence-electron chi connectivity index (χ3n) is 2.73. The minimum atomic E-state index is 0.829. The number of nitrogens with zero attached hydrogens (tertiary/aromatic N) is 1. The van der Waals surface area contributed by atoms with Crippen LogP contribution in [0, 0.1) is 0 Å². The molecule has 88 valence electrons. The van der Waals surface area contributed by atoms with E-state index in [1.54, 1.807) is 0 Å². The van der Waals surface area contributed by atoms with E-state index in [2.05, 4.69) is 41.1 Å². The van der Waals surface area contributed by atoms with E-state index in [1.807, 2.05) is 42.5 Å². The van der Waals surface area contributed by atoms with E-state index in [0.717, 1.165) is 12.1 Å². The van der Waals surface area contributed by atoms with E-state index in [0.29, 0.717) is 0 Å². The summed E-state index contributed by atoms with van der Waals surface area (Å²) in [7, 11) is 0. The zero-order valence-corrected chi connectivity index (χ0v) is 10.8. The minimum Gasteiger partial charge on any atom is -0.195 e. The molecule has 0 amide bonds. The maximum absolute atomic E-state index is 4.59. The number of benzene rings is 2. The molecule has 0 bridgehead atoms. The quantitative estimate of drug-likeness (QED) is 0.431. The smallest absolute Gasteiger partial charge is 0.0739 e. The molecule has 0 radical (unpaired) electrons. The zero-order valence-electron chi connectivity index (χ0n) is 9.97. The summed E-state index contributed by atoms with van der Waals surface area (Å²) < 4.78 is 0. The average molecular weight is 251 g/mol. The highest BCUT2D eigenvalue weighted by Gasteiger charge is 2.02. The Balaban J connectivity index is 2.41. The Hall–Kier alpha value is -2.02. The Bertz CT molecular complexity index is 593. The zero-order chi connectivity index (χ0) is 12.8. The number of rotatable bonds is 4. The predicted molar refractivity (Wildman–Crippen MR) is 80.5 cm³/mol. The lowest BCUT2D eigenvalue weighted by Gasteiger charge is -2.07. The highest BCUT2D eigenvalue weighted by Crippen LogP contribution is 2.26. The van der Waals surface area contributed by atoms with Crippen molar-refractivity contribution in [1.29, 1.82) is 0 Å². The Labute approximate surface area is 113 Å². The monoisotopic (exact) mass is 251 g/mol. The molecular weight excluding hydrogens is 238 g/mol. The van der Waals surface area contributed by atoms with Crippen LogP contribution in [0.4, 0.5) is 5.69 Å². The minimum absolute atomic E-state index is 0.829. The van der Waals surface area contributed by atoms with E-state index in [-0.39, 0.29) is 0 Å². The predicted octanol–water partition coefficient (Wildman–Crippen LogP) is 4.82. The second-order valence-corrected chi connectivity index (χ2v) is 4.08. The van der Waals surface area contributed by atoms with Crippen LogP contribution in [0.25, 0.3) is 11.1 Å². The Morgan fingerprint density at radius 2 is 1.83 bits per heavy atom. The lowest BCUT2D eigenvalue weighted by atomic mass is 9.97. The molecule has 0 aliphatic carbocycles. The van der Waals surface area contributed by atoms with Gasteiger partial charge in [-0.2, -0.15) is 4.99 Å². The van der Waals surface area contributed by atoms with Gasteiger partial charge in [-0.1, -0.05) is 42.5 Å². The first kappa shape index (κ1) is 12.4. The summed E-state index contributed by atoms with van der Waals surface area (Å²) in [6.45, 7) is 3.79. The van der Waals surface area contributed by atoms with Crippen molar-refractivity contribution in [2.24, 2.45) is 4.99 Å². The third kappa shape index (κ3) is 2.80. The highest BCUT2D eigenvalue weighted by molar-refractivity contribution is 7.78. The molecule has 0 aliphatic rings. The highest BCUT2D eigenvalue weighted by atomic mass is 32.1. The van der Waals surface area contributed by atoms with Crippen molar-refractivity contribution >= 4 is 23.1 Å². The summed E-state index contributed by atoms with van der Waals surface area (Å²) in [6, 6.07) is 16.3. The van der Waals surface area contributed by atoms with Crippen molar-refractivity contribution in [1.82, 2.24) is 0 Å². The molecule has 0 heterocycles. The molecule has 2 aromatic carbocycles. The fourth-order valence-electron chi connectivity index (χ4n) is 1.90. The second-order valence-electron chi connectivity index (χ2n) is 3.90. The van der Waals surface area contributed by atoms with Crippen LogP contribution in [-0.2, 0) is 6.42 Å². The molecule has 0 unspecified atom stereocenters. The van der Waals surface area contributed by atoms with Crippen LogP contribution in [0.2, 0.25) is 0 Å². The lowest BCUT2D eigenvalue weighted by Crippen LogP contribution is -1.87. The summed E-state index contributed by atoms with van der Waals surface area (Å²) >= 11 is 4.59. The van der Waals surface area contributed by atoms with E-state index in [4.69, 9.17) is 0 Å². The van der Waals surface area contributed by atoms with Gasteiger partial charge in [0.2, 0.25) is 0 Å². The standard InChI is InChI=1S/C16H13NS/c1-2-5-13-6-3-4-7-16(13)14-8-10-15(11-9-14)17-12-18/h2-4,6-11H,1,5H2. The molecule has 0 aromatic heterocycles. The molecule has 1 nitrogen and oxygen atoms in total. The number of thiocarbonyl (C=S) groups is 1. The van der Waals surface area contributed by atoms with Gasteiger partial charge in [-0.05, 0) is 47.5 Å². The number of hydrogen-bond donors (Lipinski definition) is 0. The first-order valence-corrected chi connectivity index (χ1v) is 6.13. The molecule has 0 spiro atoms. The summed E-state index contributed by atoms with van der Waals surface area (Å²) in [5.74, 6) is 0. The van der Waals surface area contributed by atoms with Crippen LogP contribution in [0.1, 0.15) is 5.56 Å². The first-order chi connectivity index (χ1) is 8.85. The van der Waals surface area contributed by atoms with E-state index in [9.17, 15) is 0 Å². The molecule has 0 fully saturated rings. The molecule has 0 saturated carbocycles. The Morgan fingerprint density at radius 1 is 1.11 bits per heavy atom. The largest absolute Gasteiger partial charge is 0.195 e. The van der Waals surface area contributed by atoms with Crippen molar-refractivity contribution in [3.63, 3.8) is 0 Å². The lowest BCUT2D eigenvalue weighted by molar-refractivity contribution is 1.28. The molecule has 0 aliphatic heterocycles. The van der Waals surface area contributed by atoms with Crippen LogP contribution >= 0.6 is 12.2 Å². The molecule has 2 rings (SSSR count). The Kier molecular flexibility index (Phi) is 4.19. The van der Waals surface area contributed by atoms with Crippen LogP contribution in [0.3, 0.4) is 0 Å². The fourth-order valence-corrected chi connectivity index (χ4v) is 2.01. The maximum atomic E-state index is 4.59. The molecule has 18 heavy (non-hydrogen) atoms. The van der Waals surface area contributed by atoms with Crippen LogP contribution in [0.15, 0.2) is 66.2 Å². The van der Waals surface area contributed by atoms with Gasteiger partial charge in [0.25, 0.3) is 0 Å². The van der Waals surface area contributed by atoms with Gasteiger partial charge in [-0.25, -0.2) is 0 Å². The Morgan fingerprint density at radius 3 is 2.50 bits per heavy atom. The summed E-state index contributed by atoms with van der Waals surface area (Å²) in [4.78, 5) is 3.95. The average Bonchev–Trinajstić information content (AvgIpc) is 2.41. The molecule has 0 N–H and O–H groups in total. The molecule has 2 aromatic rings. The van der Waals surface area contributed by atoms with Gasteiger partial charge in [0.15, 0.2) is 0 Å². The van der Waals surface area contributed by atoms with Crippen molar-refractivity contribution < 1.29 is 0 Å². The van der Waals surface area contributed by atoms with Gasteiger partial charge in [0, 0.05) is 0 Å². The molecule has 0 atom stereocenters. The van der Waals surface area contributed by atoms with Gasteiger partial charge >= 0.3 is 0 Å². The van der Waals surface area contributed by atoms with Crippen LogP contribution < -0.4 is 0 Å². The summed E-state index contributed by atoms with van der Waals surface area (Å²) in [5, 5.41) is 2.37. The van der Waals surface area contributed by atoms with Crippen molar-refractivity contribution in [3.8, 4) is 11.1 Å². The number of hydrogen-bond acceptors (Lipinski definition) is 2. The number of allylic oxidation sites excluding steroid dienone is 1. The third-order valence-corrected chi connectivity index (χ3v) is 2.83. The van der Waals surface area contributed by atoms with Crippen molar-refractivity contribution in [3.05, 3.63) is 66.7 Å². The number of aliphatic imine (C=N–C) groups is 1. The van der Waals surface area contributed by atoms with Crippen molar-refractivity contribution in [2.75, 3.05) is 0 Å². The molecular formula is C16H13NS. The summed E-state index contributed by atoms with van der Waals surface area (Å²) in [6.07, 6.45) is 2.79. The summed E-state index contributed by atoms with van der Waals surface area (Å²) in [5.41, 5.74) is 4.51. The molecule has 0 saturated heterocycles. The van der Waals surface area contributed by atoms with Gasteiger partial charge in [-0.15, -0.1) is 6.58 Å². The van der Waals surface area contributed by atoms with Gasteiger partial charge in [0.05, 0.1) is 10.8 Å². The normalized spacial score (nSPS) is 9.56. The van der Waals surface area contributed by atoms with E-state index in [1.165, 1.54) is 16.7 Å². The van der Waals surface area contributed by atoms with Gasteiger partial charge < -0.3 is 0 Å². The second kappa shape index (κ2) is 6.06. The maximum Gasteiger partial charge on any atom is 0.0739 e. The van der Waals surface area contributed by atoms with E-state index < -0.39 is 0 Å². The van der Waals surface area contributed by atoms with Crippen LogP contribution in [-0.4, -0.2) is 5.16 Å². The van der Waals surface area contributed by atoms with Crippen molar-refractivity contribution in [2.45, 2.75) is 6.42 Å².